The van der Waals surface area contributed by atoms with Crippen molar-refractivity contribution in [1.82, 2.24) is 9.88 Å². The average Bonchev–Trinajstić information content (AvgIpc) is 2.74. The Balaban J connectivity index is 2.64. The monoisotopic (exact) mass is 292 g/mol. The van der Waals surface area contributed by atoms with Gasteiger partial charge in [0.25, 0.3) is 0 Å². The molecule has 0 saturated heterocycles. The third kappa shape index (κ3) is 4.99. The first-order chi connectivity index (χ1) is 8.55. The minimum atomic E-state index is -0.422. The summed E-state index contributed by atoms with van der Waals surface area (Å²) >= 11 is 7.01. The zero-order valence-electron chi connectivity index (χ0n) is 10.0. The standard InChI is InChI=1S/C10H13ClN2O4S/c1-16-8(14)5-13(6-9(15)17-2)4-7-3-12-10(11)18-7/h3H,4-6H2,1-2H3. The fraction of sp³-hybridized carbons (Fsp3) is 0.500. The summed E-state index contributed by atoms with van der Waals surface area (Å²) in [4.78, 5) is 28.8. The minimum Gasteiger partial charge on any atom is -0.468 e. The van der Waals surface area contributed by atoms with Crippen molar-refractivity contribution in [3.05, 3.63) is 15.5 Å². The summed E-state index contributed by atoms with van der Waals surface area (Å²) in [7, 11) is 2.59. The fourth-order valence-corrected chi connectivity index (χ4v) is 2.26. The highest BCUT2D eigenvalue weighted by Gasteiger charge is 2.16. The van der Waals surface area contributed by atoms with Crippen molar-refractivity contribution >= 4 is 34.9 Å². The molecule has 1 rings (SSSR count). The molecule has 8 heteroatoms. The molecule has 0 aliphatic carbocycles. The molecule has 1 aromatic rings. The predicted molar refractivity (Wildman–Crippen MR) is 66.4 cm³/mol. The second-order valence-corrected chi connectivity index (χ2v) is 5.07. The fourth-order valence-electron chi connectivity index (χ4n) is 1.24. The van der Waals surface area contributed by atoms with E-state index in [1.807, 2.05) is 0 Å². The molecule has 0 atom stereocenters. The van der Waals surface area contributed by atoms with Crippen molar-refractivity contribution in [2.24, 2.45) is 0 Å². The molecule has 18 heavy (non-hydrogen) atoms. The van der Waals surface area contributed by atoms with Crippen LogP contribution < -0.4 is 0 Å². The SMILES string of the molecule is COC(=O)CN(CC(=O)OC)Cc1cnc(Cl)s1. The number of ether oxygens (including phenoxy) is 2. The lowest BCUT2D eigenvalue weighted by Crippen LogP contribution is -2.34. The Bertz CT molecular complexity index is 406. The van der Waals surface area contributed by atoms with Gasteiger partial charge in [-0.1, -0.05) is 11.6 Å². The van der Waals surface area contributed by atoms with Crippen LogP contribution >= 0.6 is 22.9 Å². The molecule has 0 radical (unpaired) electrons. The van der Waals surface area contributed by atoms with Crippen molar-refractivity contribution in [3.8, 4) is 0 Å². The number of carbonyl (C=O) groups excluding carboxylic acids is 2. The summed E-state index contributed by atoms with van der Waals surface area (Å²) in [6, 6.07) is 0. The smallest absolute Gasteiger partial charge is 0.319 e. The van der Waals surface area contributed by atoms with Crippen LogP contribution in [0.25, 0.3) is 0 Å². The van der Waals surface area contributed by atoms with Crippen molar-refractivity contribution < 1.29 is 19.1 Å². The predicted octanol–water partition coefficient (Wildman–Crippen LogP) is 0.945. The number of esters is 2. The first-order valence-electron chi connectivity index (χ1n) is 5.01. The van der Waals surface area contributed by atoms with Crippen molar-refractivity contribution in [2.75, 3.05) is 27.3 Å². The molecule has 0 fully saturated rings. The Morgan fingerprint density at radius 3 is 2.28 bits per heavy atom. The van der Waals surface area contributed by atoms with Crippen molar-refractivity contribution in [3.63, 3.8) is 0 Å². The van der Waals surface area contributed by atoms with Crippen LogP contribution in [0.15, 0.2) is 6.20 Å². The molecule has 6 nitrogen and oxygen atoms in total. The van der Waals surface area contributed by atoms with Gasteiger partial charge in [-0.3, -0.25) is 14.5 Å². The lowest BCUT2D eigenvalue weighted by atomic mass is 10.4. The van der Waals surface area contributed by atoms with Crippen molar-refractivity contribution in [2.45, 2.75) is 6.54 Å². The van der Waals surface area contributed by atoms with Crippen LogP contribution in [0.5, 0.6) is 0 Å². The van der Waals surface area contributed by atoms with E-state index in [4.69, 9.17) is 11.6 Å². The maximum atomic E-state index is 11.2. The largest absolute Gasteiger partial charge is 0.468 e. The van der Waals surface area contributed by atoms with Crippen LogP contribution in [0.3, 0.4) is 0 Å². The van der Waals surface area contributed by atoms with Gasteiger partial charge in [0, 0.05) is 17.6 Å². The van der Waals surface area contributed by atoms with E-state index in [-0.39, 0.29) is 13.1 Å². The van der Waals surface area contributed by atoms with Crippen LogP contribution in [0.1, 0.15) is 4.88 Å². The Morgan fingerprint density at radius 2 is 1.89 bits per heavy atom. The van der Waals surface area contributed by atoms with Gasteiger partial charge in [0.1, 0.15) is 0 Å². The Kier molecular flexibility index (Phi) is 6.03. The molecule has 0 saturated carbocycles. The van der Waals surface area contributed by atoms with E-state index in [0.29, 0.717) is 11.0 Å². The number of hydrogen-bond donors (Lipinski definition) is 0. The van der Waals surface area contributed by atoms with E-state index in [1.54, 1.807) is 11.1 Å². The number of methoxy groups -OCH3 is 2. The highest BCUT2D eigenvalue weighted by atomic mass is 35.5. The van der Waals surface area contributed by atoms with E-state index in [9.17, 15) is 9.59 Å². The third-order valence-electron chi connectivity index (χ3n) is 2.07. The van der Waals surface area contributed by atoms with Gasteiger partial charge in [-0.15, -0.1) is 11.3 Å². The third-order valence-corrected chi connectivity index (χ3v) is 3.17. The van der Waals surface area contributed by atoms with E-state index in [2.05, 4.69) is 14.5 Å². The molecule has 1 aromatic heterocycles. The van der Waals surface area contributed by atoms with Gasteiger partial charge in [-0.25, -0.2) is 4.98 Å². The van der Waals surface area contributed by atoms with Crippen LogP contribution in [0.4, 0.5) is 0 Å². The topological polar surface area (TPSA) is 68.7 Å². The van der Waals surface area contributed by atoms with E-state index in [0.717, 1.165) is 4.88 Å². The molecule has 0 aromatic carbocycles. The lowest BCUT2D eigenvalue weighted by Gasteiger charge is -2.18. The molecule has 0 spiro atoms. The average molecular weight is 293 g/mol. The molecule has 0 aliphatic rings. The van der Waals surface area contributed by atoms with Crippen LogP contribution in [0.2, 0.25) is 4.47 Å². The molecule has 0 unspecified atom stereocenters. The number of halogens is 1. The highest BCUT2D eigenvalue weighted by Crippen LogP contribution is 2.19. The maximum Gasteiger partial charge on any atom is 0.319 e. The first kappa shape index (κ1) is 14.9. The molecular weight excluding hydrogens is 280 g/mol. The molecule has 1 heterocycles. The van der Waals surface area contributed by atoms with Gasteiger partial charge in [-0.2, -0.15) is 0 Å². The van der Waals surface area contributed by atoms with E-state index >= 15 is 0 Å². The number of nitrogens with zero attached hydrogens (tertiary/aromatic N) is 2. The van der Waals surface area contributed by atoms with E-state index in [1.165, 1.54) is 25.6 Å². The van der Waals surface area contributed by atoms with Gasteiger partial charge in [0.05, 0.1) is 27.3 Å². The highest BCUT2D eigenvalue weighted by molar-refractivity contribution is 7.15. The number of thiazole rings is 1. The normalized spacial score (nSPS) is 10.4. The van der Waals surface area contributed by atoms with Gasteiger partial charge < -0.3 is 9.47 Å². The van der Waals surface area contributed by atoms with Gasteiger partial charge in [0.2, 0.25) is 0 Å². The van der Waals surface area contributed by atoms with E-state index < -0.39 is 11.9 Å². The summed E-state index contributed by atoms with van der Waals surface area (Å²) in [5.74, 6) is -0.843. The quantitative estimate of drug-likeness (QED) is 0.727. The maximum absolute atomic E-state index is 11.2. The molecule has 0 amide bonds. The minimum absolute atomic E-state index is 0.00111. The Labute approximate surface area is 113 Å². The number of rotatable bonds is 6. The molecule has 0 aliphatic heterocycles. The van der Waals surface area contributed by atoms with Crippen LogP contribution in [0, 0.1) is 0 Å². The molecule has 100 valence electrons. The van der Waals surface area contributed by atoms with Gasteiger partial charge in [0.15, 0.2) is 4.47 Å². The lowest BCUT2D eigenvalue weighted by molar-refractivity contribution is -0.145. The Hall–Kier alpha value is -1.18. The summed E-state index contributed by atoms with van der Waals surface area (Å²) < 4.78 is 9.55. The van der Waals surface area contributed by atoms with Gasteiger partial charge >= 0.3 is 11.9 Å². The summed E-state index contributed by atoms with van der Waals surface area (Å²) in [5, 5.41) is 0. The van der Waals surface area contributed by atoms with Crippen LogP contribution in [-0.2, 0) is 25.6 Å². The first-order valence-corrected chi connectivity index (χ1v) is 6.20. The summed E-state index contributed by atoms with van der Waals surface area (Å²) in [5.41, 5.74) is 0. The van der Waals surface area contributed by atoms with Gasteiger partial charge in [-0.05, 0) is 0 Å². The molecule has 0 bridgehead atoms. The van der Waals surface area contributed by atoms with Crippen molar-refractivity contribution in [1.29, 1.82) is 0 Å². The number of carbonyl (C=O) groups is 2. The zero-order chi connectivity index (χ0) is 13.5. The molecule has 0 N–H and O–H groups in total. The van der Waals surface area contributed by atoms with Crippen LogP contribution in [-0.4, -0.2) is 49.1 Å². The number of aromatic nitrogens is 1. The second kappa shape index (κ2) is 7.30. The molecular formula is C10H13ClN2O4S. The summed E-state index contributed by atoms with van der Waals surface area (Å²) in [6.45, 7) is 0.386. The summed E-state index contributed by atoms with van der Waals surface area (Å²) in [6.07, 6.45) is 1.61. The number of hydrogen-bond acceptors (Lipinski definition) is 7. The second-order valence-electron chi connectivity index (χ2n) is 3.38. The Morgan fingerprint density at radius 1 is 1.33 bits per heavy atom. The zero-order valence-corrected chi connectivity index (χ0v) is 11.6.